The van der Waals surface area contributed by atoms with E-state index in [1.807, 2.05) is 12.1 Å². The van der Waals surface area contributed by atoms with Crippen LogP contribution in [0.4, 0.5) is 0 Å². The van der Waals surface area contributed by atoms with Crippen molar-refractivity contribution >= 4 is 34.3 Å². The van der Waals surface area contributed by atoms with E-state index < -0.39 is 23.6 Å². The minimum atomic E-state index is -2.22. The van der Waals surface area contributed by atoms with Crippen LogP contribution in [-0.4, -0.2) is 74.3 Å². The number of carboxylic acids is 1. The Morgan fingerprint density at radius 3 is 2.37 bits per heavy atom. The van der Waals surface area contributed by atoms with E-state index in [1.54, 1.807) is 89.8 Å². The lowest BCUT2D eigenvalue weighted by atomic mass is 9.84. The van der Waals surface area contributed by atoms with Gasteiger partial charge in [0.15, 0.2) is 0 Å². The molecule has 0 bridgehead atoms. The summed E-state index contributed by atoms with van der Waals surface area (Å²) in [4.78, 5) is 53.9. The van der Waals surface area contributed by atoms with Crippen molar-refractivity contribution in [1.29, 1.82) is 0 Å². The van der Waals surface area contributed by atoms with E-state index in [4.69, 9.17) is 0 Å². The minimum Gasteiger partial charge on any atom is -0.506 e. The number of benzene rings is 4. The Balaban J connectivity index is 0.986. The maximum Gasteiger partial charge on any atom is 0.345 e. The van der Waals surface area contributed by atoms with Gasteiger partial charge in [0.25, 0.3) is 5.91 Å². The average Bonchev–Trinajstić information content (AvgIpc) is 3.17. The number of nitrogens with zero attached hydrogens (tertiary/aromatic N) is 1. The Kier molecular flexibility index (Phi) is 10.6. The Morgan fingerprint density at radius 2 is 1.65 bits per heavy atom. The summed E-state index contributed by atoms with van der Waals surface area (Å²) in [5.41, 5.74) is 1.66. The van der Waals surface area contributed by atoms with Gasteiger partial charge in [-0.05, 0) is 64.6 Å². The summed E-state index contributed by atoms with van der Waals surface area (Å²) in [5, 5.41) is 48.5. The number of hydrogen-bond donors (Lipinski definition) is 7. The first-order chi connectivity index (χ1) is 25.0. The number of pyridine rings is 1. The molecule has 0 unspecified atom stereocenters. The smallest absolute Gasteiger partial charge is 0.345 e. The highest BCUT2D eigenvalue weighted by atomic mass is 16.4. The number of aromatic nitrogens is 1. The zero-order valence-electron chi connectivity index (χ0n) is 28.1. The number of aliphatic carboxylic acids is 1. The van der Waals surface area contributed by atoms with Gasteiger partial charge in [-0.2, -0.15) is 0 Å². The van der Waals surface area contributed by atoms with Crippen molar-refractivity contribution in [3.63, 3.8) is 0 Å². The van der Waals surface area contributed by atoms with Crippen LogP contribution in [0.5, 0.6) is 5.75 Å². The lowest BCUT2D eigenvalue weighted by Gasteiger charge is -2.28. The normalized spacial score (nSPS) is 14.7. The maximum absolute atomic E-state index is 13.0. The average molecular weight is 703 g/mol. The number of aliphatic hydroxyl groups excluding tert-OH is 1. The quantitative estimate of drug-likeness (QED) is 0.102. The first-order valence-electron chi connectivity index (χ1n) is 16.7. The van der Waals surface area contributed by atoms with Crippen molar-refractivity contribution in [2.24, 2.45) is 0 Å². The number of H-pyrrole nitrogens is 1. The molecule has 7 N–H and O–H groups in total. The third-order valence-electron chi connectivity index (χ3n) is 9.26. The van der Waals surface area contributed by atoms with E-state index in [9.17, 15) is 39.6 Å². The summed E-state index contributed by atoms with van der Waals surface area (Å²) in [7, 11) is 0. The largest absolute Gasteiger partial charge is 0.506 e. The summed E-state index contributed by atoms with van der Waals surface area (Å²) < 4.78 is 0. The highest BCUT2D eigenvalue weighted by molar-refractivity contribution is 5.96. The molecule has 1 aliphatic heterocycles. The number of carbonyl (C=O) groups is 3. The predicted octanol–water partition coefficient (Wildman–Crippen LogP) is 3.42. The first kappa shape index (κ1) is 35.7. The molecular weight excluding hydrogens is 664 g/mol. The zero-order valence-corrected chi connectivity index (χ0v) is 28.1. The van der Waals surface area contributed by atoms with Crippen molar-refractivity contribution < 1.29 is 34.8 Å². The standard InChI is InChI=1S/C40H38N4O8/c45-33-15-13-31(32-14-16-35(47)43-37(32)33)34(46)23-41-22-25-9-11-27(12-10-25)38(49)42-24-36(48)44-19-17-26(18-20-44)28-5-4-8-30(21-28)40(52,39(50)51)29-6-2-1-3-7-29/h1-17,21,34,41,45-46,52H,18-20,22-24H2,(H,42,49)(H,43,47)(H,50,51)/t34-,40-/m0/s1. The number of phenolic OH excluding ortho intramolecular Hbond substituents is 1. The molecule has 6 rings (SSSR count). The van der Waals surface area contributed by atoms with Crippen LogP contribution in [0.1, 0.15) is 50.7 Å². The van der Waals surface area contributed by atoms with E-state index in [-0.39, 0.29) is 46.9 Å². The number of amides is 2. The highest BCUT2D eigenvalue weighted by Gasteiger charge is 2.40. The number of phenols is 1. The first-order valence-corrected chi connectivity index (χ1v) is 16.7. The number of carboxylic acid groups (broad SMARTS) is 1. The second-order valence-electron chi connectivity index (χ2n) is 12.6. The molecule has 0 aliphatic carbocycles. The Labute approximate surface area is 298 Å². The fourth-order valence-electron chi connectivity index (χ4n) is 6.35. The molecule has 12 heteroatoms. The summed E-state index contributed by atoms with van der Waals surface area (Å²) in [6, 6.07) is 27.8. The van der Waals surface area contributed by atoms with E-state index >= 15 is 0 Å². The van der Waals surface area contributed by atoms with Gasteiger partial charge < -0.3 is 40.9 Å². The van der Waals surface area contributed by atoms with Crippen LogP contribution in [0, 0.1) is 0 Å². The van der Waals surface area contributed by atoms with Crippen molar-refractivity contribution in [3.05, 3.63) is 153 Å². The highest BCUT2D eigenvalue weighted by Crippen LogP contribution is 2.33. The monoisotopic (exact) mass is 702 g/mol. The van der Waals surface area contributed by atoms with Crippen LogP contribution in [0.25, 0.3) is 16.5 Å². The van der Waals surface area contributed by atoms with E-state index in [1.165, 1.54) is 12.1 Å². The molecule has 5 aromatic rings. The van der Waals surface area contributed by atoms with Crippen LogP contribution in [0.3, 0.4) is 0 Å². The fourth-order valence-corrected chi connectivity index (χ4v) is 6.35. The zero-order chi connectivity index (χ0) is 36.8. The van der Waals surface area contributed by atoms with E-state index in [0.717, 1.165) is 16.7 Å². The van der Waals surface area contributed by atoms with Crippen molar-refractivity contribution in [3.8, 4) is 5.75 Å². The van der Waals surface area contributed by atoms with Crippen LogP contribution >= 0.6 is 0 Å². The maximum atomic E-state index is 13.0. The molecule has 0 saturated heterocycles. The molecule has 266 valence electrons. The van der Waals surface area contributed by atoms with Crippen LogP contribution in [0.15, 0.2) is 114 Å². The van der Waals surface area contributed by atoms with Gasteiger partial charge in [-0.15, -0.1) is 0 Å². The van der Waals surface area contributed by atoms with Gasteiger partial charge in [0.1, 0.15) is 5.75 Å². The molecule has 0 radical (unpaired) electrons. The Hall–Kier alpha value is -6.08. The van der Waals surface area contributed by atoms with Gasteiger partial charge in [-0.25, -0.2) is 4.79 Å². The predicted molar refractivity (Wildman–Crippen MR) is 194 cm³/mol. The number of carbonyl (C=O) groups excluding carboxylic acids is 2. The summed E-state index contributed by atoms with van der Waals surface area (Å²) in [6.07, 6.45) is 1.50. The van der Waals surface area contributed by atoms with Crippen molar-refractivity contribution in [1.82, 2.24) is 20.5 Å². The molecule has 12 nitrogen and oxygen atoms in total. The minimum absolute atomic E-state index is 0.0813. The number of rotatable bonds is 12. The van der Waals surface area contributed by atoms with Crippen molar-refractivity contribution in [2.75, 3.05) is 26.2 Å². The molecule has 0 saturated carbocycles. The Bertz CT molecular complexity index is 2200. The van der Waals surface area contributed by atoms with E-state index in [0.29, 0.717) is 42.6 Å². The SMILES string of the molecule is O=C(NCC(=O)N1CC=C(c2cccc([C@](O)(C(=O)O)c3ccccc3)c2)CC1)c1ccc(CNC[C@H](O)c2ccc(O)c3[nH]c(=O)ccc23)cc1. The molecule has 1 aromatic heterocycles. The van der Waals surface area contributed by atoms with Crippen molar-refractivity contribution in [2.45, 2.75) is 24.7 Å². The number of nitrogens with one attached hydrogen (secondary N) is 3. The van der Waals surface area contributed by atoms with Gasteiger partial charge in [0.2, 0.25) is 17.1 Å². The molecule has 1 aliphatic rings. The molecule has 52 heavy (non-hydrogen) atoms. The molecule has 2 amide bonds. The lowest BCUT2D eigenvalue weighted by Crippen LogP contribution is -2.42. The third-order valence-corrected chi connectivity index (χ3v) is 9.26. The second-order valence-corrected chi connectivity index (χ2v) is 12.6. The number of aromatic hydroxyl groups is 1. The summed E-state index contributed by atoms with van der Waals surface area (Å²) >= 11 is 0. The van der Waals surface area contributed by atoms with Gasteiger partial charge >= 0.3 is 5.97 Å². The molecule has 2 heterocycles. The Morgan fingerprint density at radius 1 is 0.904 bits per heavy atom. The second kappa shape index (κ2) is 15.4. The van der Waals surface area contributed by atoms with Crippen LogP contribution in [0.2, 0.25) is 0 Å². The van der Waals surface area contributed by atoms with Gasteiger partial charge in [0.05, 0.1) is 18.2 Å². The van der Waals surface area contributed by atoms with Gasteiger partial charge in [-0.1, -0.05) is 72.8 Å². The molecule has 0 fully saturated rings. The number of aromatic amines is 1. The topological polar surface area (TPSA) is 192 Å². The number of aliphatic hydroxyl groups is 2. The lowest BCUT2D eigenvalue weighted by molar-refractivity contribution is -0.155. The van der Waals surface area contributed by atoms with Crippen LogP contribution < -0.4 is 16.2 Å². The van der Waals surface area contributed by atoms with Crippen LogP contribution in [-0.2, 0) is 21.7 Å². The van der Waals surface area contributed by atoms with Gasteiger partial charge in [0, 0.05) is 48.8 Å². The molecular formula is C40H38N4O8. The number of fused-ring (bicyclic) bond motifs is 1. The molecule has 0 spiro atoms. The van der Waals surface area contributed by atoms with Gasteiger partial charge in [-0.3, -0.25) is 14.4 Å². The summed E-state index contributed by atoms with van der Waals surface area (Å²) in [6.45, 7) is 1.15. The van der Waals surface area contributed by atoms with E-state index in [2.05, 4.69) is 15.6 Å². The molecule has 2 atom stereocenters. The summed E-state index contributed by atoms with van der Waals surface area (Å²) in [5.74, 6) is -2.10. The number of hydrogen-bond acceptors (Lipinski definition) is 8. The molecule has 4 aromatic carbocycles. The fraction of sp³-hybridized carbons (Fsp3) is 0.200. The third kappa shape index (κ3) is 7.64.